The highest BCUT2D eigenvalue weighted by atomic mass is 32.1. The molecule has 27 heavy (non-hydrogen) atoms. The summed E-state index contributed by atoms with van der Waals surface area (Å²) in [7, 11) is 0. The lowest BCUT2D eigenvalue weighted by Gasteiger charge is -2.08. The second-order valence-corrected chi connectivity index (χ2v) is 7.47. The molecule has 136 valence electrons. The lowest BCUT2D eigenvalue weighted by molar-refractivity contribution is 0.0951. The Bertz CT molecular complexity index is 1010. The van der Waals surface area contributed by atoms with E-state index in [1.54, 1.807) is 6.07 Å². The first-order chi connectivity index (χ1) is 13.1. The van der Waals surface area contributed by atoms with Crippen LogP contribution in [-0.2, 0) is 13.0 Å². The summed E-state index contributed by atoms with van der Waals surface area (Å²) in [5, 5.41) is 10.7. The van der Waals surface area contributed by atoms with Crippen LogP contribution in [0.25, 0.3) is 11.1 Å². The molecule has 6 heteroatoms. The largest absolute Gasteiger partial charge is 0.493 e. The normalized spacial score (nSPS) is 12.3. The Morgan fingerprint density at radius 3 is 2.78 bits per heavy atom. The molecule has 1 aliphatic heterocycles. The van der Waals surface area contributed by atoms with Crippen molar-refractivity contribution in [3.05, 3.63) is 75.5 Å². The van der Waals surface area contributed by atoms with Gasteiger partial charge < -0.3 is 15.8 Å². The number of carbonyl (C=O) groups is 1. The Kier molecular flexibility index (Phi) is 4.64. The maximum atomic E-state index is 12.6. The highest BCUT2D eigenvalue weighted by Crippen LogP contribution is 2.32. The molecule has 0 fully saturated rings. The number of hydrogen-bond acceptors (Lipinski definition) is 4. The quantitative estimate of drug-likeness (QED) is 0.469. The van der Waals surface area contributed by atoms with Crippen LogP contribution in [0.15, 0.2) is 54.6 Å². The van der Waals surface area contributed by atoms with E-state index in [1.807, 2.05) is 48.5 Å². The number of benzene rings is 2. The number of carbonyl (C=O) groups excluding carboxylic acids is 1. The molecule has 1 aromatic heterocycles. The molecule has 0 aliphatic carbocycles. The molecule has 2 heterocycles. The molecule has 0 bridgehead atoms. The van der Waals surface area contributed by atoms with Crippen molar-refractivity contribution in [2.45, 2.75) is 13.0 Å². The minimum Gasteiger partial charge on any atom is -0.493 e. The number of hydrogen-bond donors (Lipinski definition) is 3. The van der Waals surface area contributed by atoms with Crippen molar-refractivity contribution in [1.82, 2.24) is 5.32 Å². The van der Waals surface area contributed by atoms with Crippen molar-refractivity contribution >= 4 is 23.1 Å². The van der Waals surface area contributed by atoms with Gasteiger partial charge in [0.1, 0.15) is 11.6 Å². The van der Waals surface area contributed by atoms with Gasteiger partial charge in [-0.15, -0.1) is 11.3 Å². The van der Waals surface area contributed by atoms with E-state index in [4.69, 9.17) is 15.9 Å². The van der Waals surface area contributed by atoms with Crippen molar-refractivity contribution in [2.24, 2.45) is 5.73 Å². The third-order valence-corrected chi connectivity index (χ3v) is 5.69. The summed E-state index contributed by atoms with van der Waals surface area (Å²) in [5.41, 5.74) is 9.40. The fourth-order valence-corrected chi connectivity index (χ4v) is 4.13. The van der Waals surface area contributed by atoms with E-state index in [9.17, 15) is 4.79 Å². The summed E-state index contributed by atoms with van der Waals surface area (Å²) >= 11 is 1.44. The minimum atomic E-state index is -0.124. The summed E-state index contributed by atoms with van der Waals surface area (Å²) in [6, 6.07) is 17.4. The van der Waals surface area contributed by atoms with Crippen LogP contribution in [-0.4, -0.2) is 18.3 Å². The van der Waals surface area contributed by atoms with Gasteiger partial charge in [-0.25, -0.2) is 0 Å². The second kappa shape index (κ2) is 7.25. The van der Waals surface area contributed by atoms with Crippen molar-refractivity contribution in [3.63, 3.8) is 0 Å². The van der Waals surface area contributed by atoms with Crippen molar-refractivity contribution in [1.29, 1.82) is 5.41 Å². The number of fused-ring (bicyclic) bond motifs is 1. The van der Waals surface area contributed by atoms with Crippen LogP contribution in [0.1, 0.15) is 25.7 Å². The molecule has 0 saturated heterocycles. The van der Waals surface area contributed by atoms with Gasteiger partial charge >= 0.3 is 0 Å². The van der Waals surface area contributed by atoms with Gasteiger partial charge in [-0.2, -0.15) is 0 Å². The molecule has 2 aromatic carbocycles. The number of ether oxygens (including phenoxy) is 1. The predicted octanol–water partition coefficient (Wildman–Crippen LogP) is 3.56. The zero-order chi connectivity index (χ0) is 18.8. The van der Waals surface area contributed by atoms with Crippen LogP contribution < -0.4 is 15.8 Å². The van der Waals surface area contributed by atoms with Crippen molar-refractivity contribution in [3.8, 4) is 16.9 Å². The number of rotatable bonds is 5. The molecule has 1 aliphatic rings. The van der Waals surface area contributed by atoms with Crippen LogP contribution in [0.2, 0.25) is 0 Å². The molecule has 0 atom stereocenters. The van der Waals surface area contributed by atoms with Gasteiger partial charge in [0, 0.05) is 16.9 Å². The van der Waals surface area contributed by atoms with E-state index in [1.165, 1.54) is 11.3 Å². The van der Waals surface area contributed by atoms with Crippen molar-refractivity contribution in [2.75, 3.05) is 6.61 Å². The molecule has 4 N–H and O–H groups in total. The van der Waals surface area contributed by atoms with Gasteiger partial charge in [0.15, 0.2) is 0 Å². The first-order valence-corrected chi connectivity index (χ1v) is 9.50. The lowest BCUT2D eigenvalue weighted by Crippen LogP contribution is -2.22. The zero-order valence-electron chi connectivity index (χ0n) is 14.6. The topological polar surface area (TPSA) is 88.2 Å². The third-order valence-electron chi connectivity index (χ3n) is 4.52. The van der Waals surface area contributed by atoms with Gasteiger partial charge in [-0.1, -0.05) is 30.3 Å². The number of nitrogen functional groups attached to an aromatic ring is 1. The smallest absolute Gasteiger partial charge is 0.251 e. The minimum absolute atomic E-state index is 0.0355. The van der Waals surface area contributed by atoms with Crippen molar-refractivity contribution < 1.29 is 9.53 Å². The maximum Gasteiger partial charge on any atom is 0.251 e. The third kappa shape index (κ3) is 3.57. The van der Waals surface area contributed by atoms with Gasteiger partial charge in [-0.05, 0) is 41.0 Å². The fraction of sp³-hybridized carbons (Fsp3) is 0.143. The Labute approximate surface area is 161 Å². The molecule has 0 spiro atoms. The van der Waals surface area contributed by atoms with E-state index >= 15 is 0 Å². The first kappa shape index (κ1) is 17.3. The van der Waals surface area contributed by atoms with E-state index in [-0.39, 0.29) is 11.7 Å². The lowest BCUT2D eigenvalue weighted by atomic mass is 10.1. The maximum absolute atomic E-state index is 12.6. The fourth-order valence-electron chi connectivity index (χ4n) is 3.15. The van der Waals surface area contributed by atoms with Crippen LogP contribution in [0.3, 0.4) is 0 Å². The van der Waals surface area contributed by atoms with Gasteiger partial charge in [-0.3, -0.25) is 10.2 Å². The SMILES string of the molecule is N=C(N)c1cc(-c2ccccc2)c(CNC(=O)c2ccc3c(c2)CCO3)s1. The van der Waals surface area contributed by atoms with E-state index < -0.39 is 0 Å². The first-order valence-electron chi connectivity index (χ1n) is 8.68. The molecule has 4 rings (SSSR count). The van der Waals surface area contributed by atoms with E-state index in [2.05, 4.69) is 5.32 Å². The molecule has 5 nitrogen and oxygen atoms in total. The summed E-state index contributed by atoms with van der Waals surface area (Å²) in [5.74, 6) is 0.775. The monoisotopic (exact) mass is 377 g/mol. The predicted molar refractivity (Wildman–Crippen MR) is 108 cm³/mol. The van der Waals surface area contributed by atoms with Gasteiger partial charge in [0.25, 0.3) is 5.91 Å². The Morgan fingerprint density at radius 2 is 2.00 bits per heavy atom. The number of amidine groups is 1. The summed E-state index contributed by atoms with van der Waals surface area (Å²) in [6.07, 6.45) is 0.835. The summed E-state index contributed by atoms with van der Waals surface area (Å²) in [4.78, 5) is 14.3. The van der Waals surface area contributed by atoms with Crippen LogP contribution in [0, 0.1) is 5.41 Å². The number of nitrogens with two attached hydrogens (primary N) is 1. The highest BCUT2D eigenvalue weighted by molar-refractivity contribution is 7.14. The molecule has 0 unspecified atom stereocenters. The summed E-state index contributed by atoms with van der Waals surface area (Å²) in [6.45, 7) is 1.05. The number of amides is 1. The zero-order valence-corrected chi connectivity index (χ0v) is 15.4. The number of nitrogens with one attached hydrogen (secondary N) is 2. The van der Waals surface area contributed by atoms with Gasteiger partial charge in [0.2, 0.25) is 0 Å². The number of thiophene rings is 1. The van der Waals surface area contributed by atoms with Crippen LogP contribution in [0.5, 0.6) is 5.75 Å². The standard InChI is InChI=1S/C21H19N3O2S/c22-20(23)18-11-16(13-4-2-1-3-5-13)19(27-18)12-24-21(25)15-6-7-17-14(10-15)8-9-26-17/h1-7,10-11H,8-9,12H2,(H3,22,23)(H,24,25). The van der Waals surface area contributed by atoms with Gasteiger partial charge in [0.05, 0.1) is 18.0 Å². The van der Waals surface area contributed by atoms with Crippen LogP contribution >= 0.6 is 11.3 Å². The molecule has 1 amide bonds. The van der Waals surface area contributed by atoms with E-state index in [0.717, 1.165) is 33.7 Å². The Morgan fingerprint density at radius 1 is 1.19 bits per heavy atom. The molecule has 0 radical (unpaired) electrons. The summed E-state index contributed by atoms with van der Waals surface area (Å²) < 4.78 is 5.49. The molecule has 3 aromatic rings. The average Bonchev–Trinajstić information content (AvgIpc) is 3.33. The van der Waals surface area contributed by atoms with Crippen LogP contribution in [0.4, 0.5) is 0 Å². The highest BCUT2D eigenvalue weighted by Gasteiger charge is 2.17. The molecular weight excluding hydrogens is 358 g/mol. The Hall–Kier alpha value is -3.12. The molecule has 0 saturated carbocycles. The molecular formula is C21H19N3O2S. The average molecular weight is 377 g/mol. The van der Waals surface area contributed by atoms with E-state index in [0.29, 0.717) is 23.6 Å². The second-order valence-electron chi connectivity index (χ2n) is 6.33. The Balaban J connectivity index is 1.55.